The van der Waals surface area contributed by atoms with Gasteiger partial charge in [-0.25, -0.2) is 4.79 Å². The van der Waals surface area contributed by atoms with E-state index in [1.807, 2.05) is 49.5 Å². The van der Waals surface area contributed by atoms with E-state index < -0.39 is 0 Å². The number of rotatable bonds is 5. The molecule has 0 saturated carbocycles. The topological polar surface area (TPSA) is 43.6 Å². The van der Waals surface area contributed by atoms with Crippen molar-refractivity contribution in [2.24, 2.45) is 4.99 Å². The molecule has 0 fully saturated rings. The standard InChI is InChI=1S/C23H24N2O2/c1-5-27-23(26)19-10-8-11-21(14-19)25-17(3)13-20(18(25)4)15-24-22-12-7-6-9-16(22)2/h6-15H,5H2,1-4H3. The van der Waals surface area contributed by atoms with Crippen LogP contribution >= 0.6 is 0 Å². The zero-order chi connectivity index (χ0) is 19.4. The molecule has 0 aliphatic rings. The van der Waals surface area contributed by atoms with Crippen molar-refractivity contribution in [3.05, 3.63) is 82.7 Å². The zero-order valence-corrected chi connectivity index (χ0v) is 16.2. The fraction of sp³-hybridized carbons (Fsp3) is 0.217. The van der Waals surface area contributed by atoms with Crippen molar-refractivity contribution in [2.75, 3.05) is 6.61 Å². The first-order valence-electron chi connectivity index (χ1n) is 9.07. The Kier molecular flexibility index (Phi) is 5.55. The largest absolute Gasteiger partial charge is 0.462 e. The number of nitrogens with zero attached hydrogens (tertiary/aromatic N) is 2. The first kappa shape index (κ1) is 18.6. The van der Waals surface area contributed by atoms with Gasteiger partial charge in [-0.3, -0.25) is 4.99 Å². The molecular formula is C23H24N2O2. The normalized spacial score (nSPS) is 11.1. The lowest BCUT2D eigenvalue weighted by molar-refractivity contribution is 0.0526. The van der Waals surface area contributed by atoms with Gasteiger partial charge in [0.05, 0.1) is 17.9 Å². The molecule has 138 valence electrons. The van der Waals surface area contributed by atoms with Crippen molar-refractivity contribution in [3.8, 4) is 5.69 Å². The first-order chi connectivity index (χ1) is 13.0. The second-order valence-electron chi connectivity index (χ2n) is 6.48. The van der Waals surface area contributed by atoms with Gasteiger partial charge in [0.15, 0.2) is 0 Å². The third kappa shape index (κ3) is 4.00. The summed E-state index contributed by atoms with van der Waals surface area (Å²) in [5.41, 5.74) is 6.81. The van der Waals surface area contributed by atoms with E-state index in [4.69, 9.17) is 4.74 Å². The molecule has 4 heteroatoms. The van der Waals surface area contributed by atoms with Crippen LogP contribution in [-0.2, 0) is 4.74 Å². The van der Waals surface area contributed by atoms with Crippen LogP contribution in [-0.4, -0.2) is 23.4 Å². The van der Waals surface area contributed by atoms with Gasteiger partial charge in [0.1, 0.15) is 0 Å². The highest BCUT2D eigenvalue weighted by molar-refractivity contribution is 5.90. The van der Waals surface area contributed by atoms with Crippen molar-refractivity contribution in [1.29, 1.82) is 0 Å². The average molecular weight is 360 g/mol. The number of carbonyl (C=O) groups excluding carboxylic acids is 1. The molecule has 0 aliphatic carbocycles. The second-order valence-corrected chi connectivity index (χ2v) is 6.48. The maximum absolute atomic E-state index is 12.0. The van der Waals surface area contributed by atoms with E-state index >= 15 is 0 Å². The molecule has 4 nitrogen and oxygen atoms in total. The highest BCUT2D eigenvalue weighted by Gasteiger charge is 2.12. The van der Waals surface area contributed by atoms with Gasteiger partial charge in [-0.05, 0) is 63.6 Å². The molecular weight excluding hydrogens is 336 g/mol. The lowest BCUT2D eigenvalue weighted by atomic mass is 10.2. The van der Waals surface area contributed by atoms with E-state index in [2.05, 4.69) is 42.5 Å². The van der Waals surface area contributed by atoms with Crippen LogP contribution in [0, 0.1) is 20.8 Å². The fourth-order valence-corrected chi connectivity index (χ4v) is 3.15. The van der Waals surface area contributed by atoms with Crippen LogP contribution in [0.15, 0.2) is 59.6 Å². The van der Waals surface area contributed by atoms with Gasteiger partial charge in [0.25, 0.3) is 0 Å². The number of ether oxygens (including phenoxy) is 1. The van der Waals surface area contributed by atoms with Crippen molar-refractivity contribution in [1.82, 2.24) is 4.57 Å². The maximum Gasteiger partial charge on any atom is 0.338 e. The Labute approximate surface area is 160 Å². The van der Waals surface area contributed by atoms with Crippen molar-refractivity contribution in [2.45, 2.75) is 27.7 Å². The molecule has 27 heavy (non-hydrogen) atoms. The lowest BCUT2D eigenvalue weighted by Gasteiger charge is -2.11. The first-order valence-corrected chi connectivity index (χ1v) is 9.07. The van der Waals surface area contributed by atoms with Gasteiger partial charge in [-0.1, -0.05) is 24.3 Å². The number of aryl methyl sites for hydroxylation is 2. The predicted octanol–water partition coefficient (Wildman–Crippen LogP) is 5.33. The Bertz CT molecular complexity index is 999. The molecule has 1 heterocycles. The molecule has 0 unspecified atom stereocenters. The lowest BCUT2D eigenvalue weighted by Crippen LogP contribution is -2.06. The maximum atomic E-state index is 12.0. The molecule has 0 spiro atoms. The highest BCUT2D eigenvalue weighted by Crippen LogP contribution is 2.22. The van der Waals surface area contributed by atoms with Crippen LogP contribution in [0.5, 0.6) is 0 Å². The summed E-state index contributed by atoms with van der Waals surface area (Å²) in [6, 6.07) is 17.7. The Morgan fingerprint density at radius 2 is 1.85 bits per heavy atom. The molecule has 0 amide bonds. The number of aromatic nitrogens is 1. The summed E-state index contributed by atoms with van der Waals surface area (Å²) in [4.78, 5) is 16.7. The summed E-state index contributed by atoms with van der Waals surface area (Å²) in [7, 11) is 0. The van der Waals surface area contributed by atoms with E-state index in [-0.39, 0.29) is 5.97 Å². The summed E-state index contributed by atoms with van der Waals surface area (Å²) in [5, 5.41) is 0. The van der Waals surface area contributed by atoms with E-state index in [1.165, 1.54) is 0 Å². The molecule has 0 atom stereocenters. The number of esters is 1. The number of benzene rings is 2. The molecule has 0 aliphatic heterocycles. The summed E-state index contributed by atoms with van der Waals surface area (Å²) in [5.74, 6) is -0.303. The Morgan fingerprint density at radius 1 is 1.07 bits per heavy atom. The Balaban J connectivity index is 1.96. The summed E-state index contributed by atoms with van der Waals surface area (Å²) in [6.45, 7) is 8.33. The van der Waals surface area contributed by atoms with Gasteiger partial charge in [-0.2, -0.15) is 0 Å². The zero-order valence-electron chi connectivity index (χ0n) is 16.2. The van der Waals surface area contributed by atoms with Crippen LogP contribution in [0.2, 0.25) is 0 Å². The smallest absolute Gasteiger partial charge is 0.338 e. The second kappa shape index (κ2) is 8.04. The molecule has 0 radical (unpaired) electrons. The Hall–Kier alpha value is -3.14. The minimum absolute atomic E-state index is 0.303. The van der Waals surface area contributed by atoms with Crippen LogP contribution in [0.3, 0.4) is 0 Å². The minimum atomic E-state index is -0.303. The number of carbonyl (C=O) groups is 1. The highest BCUT2D eigenvalue weighted by atomic mass is 16.5. The summed E-state index contributed by atoms with van der Waals surface area (Å²) < 4.78 is 7.24. The summed E-state index contributed by atoms with van der Waals surface area (Å²) in [6.07, 6.45) is 1.90. The quantitative estimate of drug-likeness (QED) is 0.456. The molecule has 2 aromatic carbocycles. The van der Waals surface area contributed by atoms with E-state index in [1.54, 1.807) is 6.07 Å². The van der Waals surface area contributed by atoms with Gasteiger partial charge in [0, 0.05) is 28.9 Å². The van der Waals surface area contributed by atoms with Crippen LogP contribution in [0.25, 0.3) is 5.69 Å². The molecule has 0 saturated heterocycles. The van der Waals surface area contributed by atoms with Crippen molar-refractivity contribution in [3.63, 3.8) is 0 Å². The van der Waals surface area contributed by atoms with E-state index in [0.717, 1.165) is 33.9 Å². The molecule has 0 N–H and O–H groups in total. The number of para-hydroxylation sites is 1. The van der Waals surface area contributed by atoms with Gasteiger partial charge < -0.3 is 9.30 Å². The van der Waals surface area contributed by atoms with Crippen molar-refractivity contribution < 1.29 is 9.53 Å². The SMILES string of the molecule is CCOC(=O)c1cccc(-n2c(C)cc(C=Nc3ccccc3C)c2C)c1. The molecule has 3 aromatic rings. The molecule has 1 aromatic heterocycles. The minimum Gasteiger partial charge on any atom is -0.462 e. The Morgan fingerprint density at radius 3 is 2.59 bits per heavy atom. The van der Waals surface area contributed by atoms with Gasteiger partial charge >= 0.3 is 5.97 Å². The number of hydrogen-bond acceptors (Lipinski definition) is 3. The fourth-order valence-electron chi connectivity index (χ4n) is 3.15. The number of hydrogen-bond donors (Lipinski definition) is 0. The molecule has 3 rings (SSSR count). The van der Waals surface area contributed by atoms with E-state index in [0.29, 0.717) is 12.2 Å². The summed E-state index contributed by atoms with van der Waals surface area (Å²) >= 11 is 0. The third-order valence-corrected chi connectivity index (χ3v) is 4.54. The van der Waals surface area contributed by atoms with Gasteiger partial charge in [0.2, 0.25) is 0 Å². The monoisotopic (exact) mass is 360 g/mol. The predicted molar refractivity (Wildman–Crippen MR) is 110 cm³/mol. The van der Waals surface area contributed by atoms with Crippen LogP contribution < -0.4 is 0 Å². The third-order valence-electron chi connectivity index (χ3n) is 4.54. The van der Waals surface area contributed by atoms with Crippen LogP contribution in [0.1, 0.15) is 39.8 Å². The number of aliphatic imine (C=N–C) groups is 1. The van der Waals surface area contributed by atoms with Crippen molar-refractivity contribution >= 4 is 17.9 Å². The van der Waals surface area contributed by atoms with E-state index in [9.17, 15) is 4.79 Å². The molecule has 0 bridgehead atoms. The van der Waals surface area contributed by atoms with Gasteiger partial charge in [-0.15, -0.1) is 0 Å². The van der Waals surface area contributed by atoms with Crippen LogP contribution in [0.4, 0.5) is 5.69 Å². The average Bonchev–Trinajstić information content (AvgIpc) is 2.95.